The first-order valence-corrected chi connectivity index (χ1v) is 5.47. The Kier molecular flexibility index (Phi) is 2.14. The van der Waals surface area contributed by atoms with E-state index in [1.165, 1.54) is 11.9 Å². The first kappa shape index (κ1) is 9.96. The largest absolute Gasteiger partial charge is 0.345 e. The molecule has 0 amide bonds. The molecule has 3 aromatic heterocycles. The quantitative estimate of drug-likeness (QED) is 0.691. The summed E-state index contributed by atoms with van der Waals surface area (Å²) in [4.78, 5) is 15.9. The van der Waals surface area contributed by atoms with Crippen LogP contribution in [0.15, 0.2) is 30.9 Å². The second-order valence-electron chi connectivity index (χ2n) is 4.16. The normalized spacial score (nSPS) is 10.9. The monoisotopic (exact) mass is 224 g/mol. The molecule has 0 aliphatic carbocycles. The van der Waals surface area contributed by atoms with Gasteiger partial charge in [0.15, 0.2) is 0 Å². The Hall–Kier alpha value is -2.23. The van der Waals surface area contributed by atoms with Crippen molar-refractivity contribution in [1.82, 2.24) is 19.9 Å². The number of pyridine rings is 1. The average molecular weight is 224 g/mol. The first-order valence-electron chi connectivity index (χ1n) is 5.47. The van der Waals surface area contributed by atoms with E-state index in [1.807, 2.05) is 19.3 Å². The second kappa shape index (κ2) is 3.66. The van der Waals surface area contributed by atoms with Crippen molar-refractivity contribution in [1.29, 1.82) is 0 Å². The molecule has 3 aromatic rings. The van der Waals surface area contributed by atoms with Crippen LogP contribution in [-0.2, 0) is 0 Å². The summed E-state index contributed by atoms with van der Waals surface area (Å²) < 4.78 is 0. The molecule has 0 aromatic carbocycles. The minimum absolute atomic E-state index is 0.843. The van der Waals surface area contributed by atoms with Crippen LogP contribution in [0.1, 0.15) is 11.3 Å². The van der Waals surface area contributed by atoms with Crippen molar-refractivity contribution >= 4 is 11.0 Å². The van der Waals surface area contributed by atoms with E-state index in [2.05, 4.69) is 39.0 Å². The topological polar surface area (TPSA) is 54.5 Å². The molecule has 0 saturated heterocycles. The zero-order chi connectivity index (χ0) is 11.8. The Bertz CT molecular complexity index is 664. The van der Waals surface area contributed by atoms with Crippen LogP contribution in [0.3, 0.4) is 0 Å². The van der Waals surface area contributed by atoms with Crippen LogP contribution in [0, 0.1) is 13.8 Å². The van der Waals surface area contributed by atoms with Gasteiger partial charge in [-0.25, -0.2) is 9.97 Å². The van der Waals surface area contributed by atoms with Crippen molar-refractivity contribution in [2.45, 2.75) is 13.8 Å². The van der Waals surface area contributed by atoms with Crippen molar-refractivity contribution in [2.24, 2.45) is 0 Å². The smallest absolute Gasteiger partial charge is 0.141 e. The van der Waals surface area contributed by atoms with Gasteiger partial charge in [0.05, 0.1) is 5.69 Å². The number of fused-ring (bicyclic) bond motifs is 1. The molecule has 3 heterocycles. The van der Waals surface area contributed by atoms with Gasteiger partial charge >= 0.3 is 0 Å². The Balaban J connectivity index is 2.27. The average Bonchev–Trinajstić information content (AvgIpc) is 2.71. The number of aromatic amines is 1. The fourth-order valence-corrected chi connectivity index (χ4v) is 2.05. The Labute approximate surface area is 98.8 Å². The van der Waals surface area contributed by atoms with Gasteiger partial charge in [0, 0.05) is 29.0 Å². The Morgan fingerprint density at radius 1 is 1.18 bits per heavy atom. The number of rotatable bonds is 1. The highest BCUT2D eigenvalue weighted by Crippen LogP contribution is 2.26. The van der Waals surface area contributed by atoms with E-state index in [0.717, 1.165) is 28.0 Å². The molecule has 0 atom stereocenters. The standard InChI is InChI=1S/C13H12N4/c1-8-3-9(2)17-12(4-8)10-6-15-13-11(10)5-14-7-16-13/h3-7H,1-2H3,(H,14,15,16). The van der Waals surface area contributed by atoms with E-state index >= 15 is 0 Å². The van der Waals surface area contributed by atoms with Crippen LogP contribution in [0.2, 0.25) is 0 Å². The summed E-state index contributed by atoms with van der Waals surface area (Å²) in [6.07, 6.45) is 5.28. The second-order valence-corrected chi connectivity index (χ2v) is 4.16. The summed E-state index contributed by atoms with van der Waals surface area (Å²) in [5, 5.41) is 1.00. The Morgan fingerprint density at radius 2 is 2.06 bits per heavy atom. The van der Waals surface area contributed by atoms with Crippen LogP contribution >= 0.6 is 0 Å². The lowest BCUT2D eigenvalue weighted by molar-refractivity contribution is 1.18. The SMILES string of the molecule is Cc1cc(C)nc(-c2c[nH]c3ncncc23)c1. The molecule has 3 rings (SSSR count). The van der Waals surface area contributed by atoms with Crippen molar-refractivity contribution in [2.75, 3.05) is 0 Å². The maximum atomic E-state index is 4.55. The molecular formula is C13H12N4. The number of nitrogens with zero attached hydrogens (tertiary/aromatic N) is 3. The van der Waals surface area contributed by atoms with E-state index in [1.54, 1.807) is 0 Å². The van der Waals surface area contributed by atoms with Gasteiger partial charge in [0.1, 0.15) is 12.0 Å². The van der Waals surface area contributed by atoms with Crippen molar-refractivity contribution in [3.63, 3.8) is 0 Å². The number of H-pyrrole nitrogens is 1. The first-order chi connectivity index (χ1) is 8.24. The fourth-order valence-electron chi connectivity index (χ4n) is 2.05. The predicted molar refractivity (Wildman–Crippen MR) is 66.6 cm³/mol. The maximum absolute atomic E-state index is 4.55. The predicted octanol–water partition coefficient (Wildman–Crippen LogP) is 2.64. The van der Waals surface area contributed by atoms with Crippen molar-refractivity contribution < 1.29 is 0 Å². The molecular weight excluding hydrogens is 212 g/mol. The van der Waals surface area contributed by atoms with Crippen molar-refractivity contribution in [3.05, 3.63) is 42.1 Å². The molecule has 84 valence electrons. The molecule has 1 N–H and O–H groups in total. The Morgan fingerprint density at radius 3 is 2.88 bits per heavy atom. The zero-order valence-electron chi connectivity index (χ0n) is 9.73. The minimum Gasteiger partial charge on any atom is -0.345 e. The van der Waals surface area contributed by atoms with Crippen LogP contribution < -0.4 is 0 Å². The van der Waals surface area contributed by atoms with Gasteiger partial charge in [-0.3, -0.25) is 4.98 Å². The van der Waals surface area contributed by atoms with E-state index in [9.17, 15) is 0 Å². The van der Waals surface area contributed by atoms with Crippen LogP contribution in [0.5, 0.6) is 0 Å². The minimum atomic E-state index is 0.843. The van der Waals surface area contributed by atoms with E-state index in [-0.39, 0.29) is 0 Å². The number of aryl methyl sites for hydroxylation is 2. The third kappa shape index (κ3) is 1.67. The lowest BCUT2D eigenvalue weighted by Gasteiger charge is -2.02. The van der Waals surface area contributed by atoms with Gasteiger partial charge in [-0.2, -0.15) is 0 Å². The summed E-state index contributed by atoms with van der Waals surface area (Å²) in [6.45, 7) is 4.07. The molecule has 0 aliphatic heterocycles. The van der Waals surface area contributed by atoms with Crippen LogP contribution in [0.4, 0.5) is 0 Å². The van der Waals surface area contributed by atoms with Crippen LogP contribution in [-0.4, -0.2) is 19.9 Å². The molecule has 0 fully saturated rings. The van der Waals surface area contributed by atoms with Gasteiger partial charge in [-0.1, -0.05) is 0 Å². The maximum Gasteiger partial charge on any atom is 0.141 e. The molecule has 4 nitrogen and oxygen atoms in total. The van der Waals surface area contributed by atoms with Gasteiger partial charge in [-0.05, 0) is 31.5 Å². The summed E-state index contributed by atoms with van der Waals surface area (Å²) >= 11 is 0. The van der Waals surface area contributed by atoms with E-state index in [4.69, 9.17) is 0 Å². The summed E-state index contributed by atoms with van der Waals surface area (Å²) in [6, 6.07) is 4.14. The third-order valence-electron chi connectivity index (χ3n) is 2.73. The van der Waals surface area contributed by atoms with Gasteiger partial charge < -0.3 is 4.98 Å². The summed E-state index contributed by atoms with van der Waals surface area (Å²) in [5.41, 5.74) is 5.08. The lowest BCUT2D eigenvalue weighted by atomic mass is 10.1. The fraction of sp³-hybridized carbons (Fsp3) is 0.154. The number of aromatic nitrogens is 4. The number of hydrogen-bond donors (Lipinski definition) is 1. The molecule has 0 saturated carbocycles. The highest BCUT2D eigenvalue weighted by atomic mass is 14.9. The van der Waals surface area contributed by atoms with E-state index < -0.39 is 0 Å². The molecule has 0 spiro atoms. The lowest BCUT2D eigenvalue weighted by Crippen LogP contribution is -1.88. The number of hydrogen-bond acceptors (Lipinski definition) is 3. The summed E-state index contributed by atoms with van der Waals surface area (Å²) in [7, 11) is 0. The molecule has 0 unspecified atom stereocenters. The molecule has 0 bridgehead atoms. The van der Waals surface area contributed by atoms with Gasteiger partial charge in [-0.15, -0.1) is 0 Å². The molecule has 17 heavy (non-hydrogen) atoms. The third-order valence-corrected chi connectivity index (χ3v) is 2.73. The van der Waals surface area contributed by atoms with Gasteiger partial charge in [0.25, 0.3) is 0 Å². The van der Waals surface area contributed by atoms with Gasteiger partial charge in [0.2, 0.25) is 0 Å². The van der Waals surface area contributed by atoms with Crippen LogP contribution in [0.25, 0.3) is 22.3 Å². The molecule has 0 radical (unpaired) electrons. The summed E-state index contributed by atoms with van der Waals surface area (Å²) in [5.74, 6) is 0. The molecule has 0 aliphatic rings. The van der Waals surface area contributed by atoms with E-state index in [0.29, 0.717) is 0 Å². The highest BCUT2D eigenvalue weighted by Gasteiger charge is 2.08. The molecule has 4 heteroatoms. The zero-order valence-corrected chi connectivity index (χ0v) is 9.73. The number of nitrogens with one attached hydrogen (secondary N) is 1. The van der Waals surface area contributed by atoms with Crippen molar-refractivity contribution in [3.8, 4) is 11.3 Å². The highest BCUT2D eigenvalue weighted by molar-refractivity contribution is 5.91.